The Bertz CT molecular complexity index is 339. The van der Waals surface area contributed by atoms with Crippen molar-refractivity contribution in [3.8, 4) is 0 Å². The van der Waals surface area contributed by atoms with Crippen LogP contribution in [0.3, 0.4) is 0 Å². The van der Waals surface area contributed by atoms with Crippen molar-refractivity contribution in [1.29, 1.82) is 0 Å². The van der Waals surface area contributed by atoms with Crippen LogP contribution in [0.5, 0.6) is 0 Å². The topological polar surface area (TPSA) is 35.5 Å². The number of carbonyl (C=O) groups excluding carboxylic acids is 1. The smallest absolute Gasteiger partial charge is 0.338 e. The van der Waals surface area contributed by atoms with Gasteiger partial charge in [0.1, 0.15) is 0 Å². The summed E-state index contributed by atoms with van der Waals surface area (Å²) in [5.74, 6) is -0.506. The van der Waals surface area contributed by atoms with Crippen LogP contribution in [0.15, 0.2) is 30.3 Å². The van der Waals surface area contributed by atoms with Gasteiger partial charge >= 0.3 is 5.97 Å². The van der Waals surface area contributed by atoms with E-state index in [1.165, 1.54) is 0 Å². The second-order valence-corrected chi connectivity index (χ2v) is 3.36. The van der Waals surface area contributed by atoms with Crippen molar-refractivity contribution >= 4 is 5.97 Å². The van der Waals surface area contributed by atoms with Gasteiger partial charge in [0, 0.05) is 0 Å². The Morgan fingerprint density at radius 2 is 2.07 bits per heavy atom. The lowest BCUT2D eigenvalue weighted by Gasteiger charge is -2.12. The lowest BCUT2D eigenvalue weighted by atomic mass is 10.2. The molecule has 0 bridgehead atoms. The number of ether oxygens (including phenoxy) is 2. The van der Waals surface area contributed by atoms with Gasteiger partial charge in [-0.1, -0.05) is 18.2 Å². The molecule has 4 heteroatoms. The van der Waals surface area contributed by atoms with Gasteiger partial charge in [-0.3, -0.25) is 0 Å². The predicted octanol–water partition coefficient (Wildman–Crippen LogP) is 1.58. The summed E-state index contributed by atoms with van der Waals surface area (Å²) < 4.78 is 22.9. The van der Waals surface area contributed by atoms with E-state index in [9.17, 15) is 9.18 Å². The van der Waals surface area contributed by atoms with E-state index < -0.39 is 18.2 Å². The number of carbonyl (C=O) groups is 1. The highest BCUT2D eigenvalue weighted by Gasteiger charge is 2.31. The van der Waals surface area contributed by atoms with Gasteiger partial charge in [-0.05, 0) is 12.1 Å². The largest absolute Gasteiger partial charge is 0.453 e. The van der Waals surface area contributed by atoms with Gasteiger partial charge in [0.25, 0.3) is 0 Å². The maximum absolute atomic E-state index is 13.1. The Morgan fingerprint density at radius 1 is 1.33 bits per heavy atom. The first kappa shape index (κ1) is 10.1. The molecule has 2 atom stereocenters. The van der Waals surface area contributed by atoms with Gasteiger partial charge in [-0.25, -0.2) is 9.18 Å². The van der Waals surface area contributed by atoms with E-state index >= 15 is 0 Å². The van der Waals surface area contributed by atoms with Gasteiger partial charge in [-0.2, -0.15) is 0 Å². The Balaban J connectivity index is 1.98. The third-order valence-electron chi connectivity index (χ3n) is 2.23. The Kier molecular flexibility index (Phi) is 2.97. The van der Waals surface area contributed by atoms with Crippen molar-refractivity contribution in [3.63, 3.8) is 0 Å². The van der Waals surface area contributed by atoms with Crippen LogP contribution in [0.2, 0.25) is 0 Å². The number of alkyl halides is 1. The van der Waals surface area contributed by atoms with Crippen molar-refractivity contribution in [2.45, 2.75) is 12.3 Å². The molecule has 80 valence electrons. The normalized spacial score (nSPS) is 25.1. The monoisotopic (exact) mass is 210 g/mol. The summed E-state index contributed by atoms with van der Waals surface area (Å²) in [7, 11) is 0. The minimum atomic E-state index is -1.21. The van der Waals surface area contributed by atoms with Crippen LogP contribution in [-0.4, -0.2) is 31.5 Å². The van der Waals surface area contributed by atoms with E-state index in [0.29, 0.717) is 5.56 Å². The molecule has 0 radical (unpaired) electrons. The summed E-state index contributed by atoms with van der Waals surface area (Å²) in [5, 5.41) is 0. The highest BCUT2D eigenvalue weighted by atomic mass is 19.1. The second-order valence-electron chi connectivity index (χ2n) is 3.36. The maximum Gasteiger partial charge on any atom is 0.338 e. The SMILES string of the molecule is O=C(OC1COCC1F)c1ccccc1. The molecule has 0 N–H and O–H groups in total. The van der Waals surface area contributed by atoms with E-state index in [-0.39, 0.29) is 13.2 Å². The highest BCUT2D eigenvalue weighted by Crippen LogP contribution is 2.15. The van der Waals surface area contributed by atoms with Crippen LogP contribution in [0, 0.1) is 0 Å². The quantitative estimate of drug-likeness (QED) is 0.695. The molecule has 2 unspecified atom stereocenters. The first-order chi connectivity index (χ1) is 7.27. The van der Waals surface area contributed by atoms with Crippen molar-refractivity contribution in [3.05, 3.63) is 35.9 Å². The maximum atomic E-state index is 13.1. The standard InChI is InChI=1S/C11H11FO3/c12-9-6-14-7-10(9)15-11(13)8-4-2-1-3-5-8/h1-5,9-10H,6-7H2. The minimum absolute atomic E-state index is 0.00668. The molecule has 3 nitrogen and oxygen atoms in total. The predicted molar refractivity (Wildman–Crippen MR) is 51.4 cm³/mol. The van der Waals surface area contributed by atoms with E-state index in [1.807, 2.05) is 0 Å². The van der Waals surface area contributed by atoms with Gasteiger partial charge in [0.2, 0.25) is 0 Å². The average molecular weight is 210 g/mol. The van der Waals surface area contributed by atoms with E-state index in [2.05, 4.69) is 0 Å². The molecule has 1 aromatic carbocycles. The van der Waals surface area contributed by atoms with Crippen molar-refractivity contribution in [2.24, 2.45) is 0 Å². The Hall–Kier alpha value is -1.42. The lowest BCUT2D eigenvalue weighted by Crippen LogP contribution is -2.26. The first-order valence-electron chi connectivity index (χ1n) is 4.75. The van der Waals surface area contributed by atoms with Crippen molar-refractivity contribution in [1.82, 2.24) is 0 Å². The first-order valence-corrected chi connectivity index (χ1v) is 4.75. The fourth-order valence-corrected chi connectivity index (χ4v) is 1.40. The third-order valence-corrected chi connectivity index (χ3v) is 2.23. The number of esters is 1. The minimum Gasteiger partial charge on any atom is -0.453 e. The zero-order valence-electron chi connectivity index (χ0n) is 8.06. The fraction of sp³-hybridized carbons (Fsp3) is 0.364. The molecule has 1 aliphatic heterocycles. The van der Waals surface area contributed by atoms with Crippen LogP contribution in [0.4, 0.5) is 4.39 Å². The van der Waals surface area contributed by atoms with Crippen LogP contribution in [-0.2, 0) is 9.47 Å². The van der Waals surface area contributed by atoms with Crippen LogP contribution >= 0.6 is 0 Å². The summed E-state index contributed by atoms with van der Waals surface area (Å²) in [6.45, 7) is 0.145. The van der Waals surface area contributed by atoms with E-state index in [1.54, 1.807) is 30.3 Å². The summed E-state index contributed by atoms with van der Waals surface area (Å²) in [6, 6.07) is 8.52. The van der Waals surface area contributed by atoms with E-state index in [0.717, 1.165) is 0 Å². The molecule has 0 aliphatic carbocycles. The lowest BCUT2D eigenvalue weighted by molar-refractivity contribution is 0.0160. The van der Waals surface area contributed by atoms with Gasteiger partial charge in [0.05, 0.1) is 18.8 Å². The van der Waals surface area contributed by atoms with Gasteiger partial charge in [0.15, 0.2) is 12.3 Å². The fourth-order valence-electron chi connectivity index (χ4n) is 1.40. The number of hydrogen-bond acceptors (Lipinski definition) is 3. The molecular weight excluding hydrogens is 199 g/mol. The highest BCUT2D eigenvalue weighted by molar-refractivity contribution is 5.89. The molecule has 0 saturated carbocycles. The Morgan fingerprint density at radius 3 is 2.67 bits per heavy atom. The number of halogens is 1. The molecule has 1 saturated heterocycles. The molecule has 15 heavy (non-hydrogen) atoms. The zero-order valence-corrected chi connectivity index (χ0v) is 8.06. The molecule has 1 fully saturated rings. The molecule has 1 aromatic rings. The average Bonchev–Trinajstić information content (AvgIpc) is 2.66. The number of benzene rings is 1. The third kappa shape index (κ3) is 2.33. The van der Waals surface area contributed by atoms with Crippen LogP contribution in [0.25, 0.3) is 0 Å². The Labute approximate surface area is 86.8 Å². The molecular formula is C11H11FO3. The summed E-state index contributed by atoms with van der Waals surface area (Å²) in [4.78, 5) is 11.5. The summed E-state index contributed by atoms with van der Waals surface area (Å²) >= 11 is 0. The second kappa shape index (κ2) is 4.40. The van der Waals surface area contributed by atoms with Crippen LogP contribution in [0.1, 0.15) is 10.4 Å². The van der Waals surface area contributed by atoms with Crippen LogP contribution < -0.4 is 0 Å². The molecule has 2 rings (SSSR count). The van der Waals surface area contributed by atoms with E-state index in [4.69, 9.17) is 9.47 Å². The molecule has 1 heterocycles. The van der Waals surface area contributed by atoms with Gasteiger partial charge in [-0.15, -0.1) is 0 Å². The number of hydrogen-bond donors (Lipinski definition) is 0. The van der Waals surface area contributed by atoms with Gasteiger partial charge < -0.3 is 9.47 Å². The summed E-state index contributed by atoms with van der Waals surface area (Å²) in [5.41, 5.74) is 0.427. The molecule has 0 amide bonds. The molecule has 0 spiro atoms. The zero-order chi connectivity index (χ0) is 10.7. The molecule has 0 aromatic heterocycles. The number of rotatable bonds is 2. The summed E-state index contributed by atoms with van der Waals surface area (Å²) in [6.07, 6.45) is -1.98. The van der Waals surface area contributed by atoms with Crippen molar-refractivity contribution < 1.29 is 18.7 Å². The van der Waals surface area contributed by atoms with Crippen molar-refractivity contribution in [2.75, 3.05) is 13.2 Å². The molecule has 1 aliphatic rings.